The summed E-state index contributed by atoms with van der Waals surface area (Å²) >= 11 is 0. The van der Waals surface area contributed by atoms with Crippen LogP contribution in [-0.4, -0.2) is 78.7 Å². The molecule has 0 saturated carbocycles. The maximum absolute atomic E-state index is 17.6. The van der Waals surface area contributed by atoms with Crippen LogP contribution in [0, 0.1) is 11.6 Å². The lowest BCUT2D eigenvalue weighted by molar-refractivity contribution is -0.151. The van der Waals surface area contributed by atoms with Gasteiger partial charge in [0, 0.05) is 31.3 Å². The van der Waals surface area contributed by atoms with Crippen LogP contribution in [0.5, 0.6) is 11.8 Å². The van der Waals surface area contributed by atoms with Gasteiger partial charge in [0.05, 0.1) is 23.1 Å². The lowest BCUT2D eigenvalue weighted by atomic mass is 9.86. The van der Waals surface area contributed by atoms with Crippen LogP contribution in [0.15, 0.2) is 30.5 Å². The van der Waals surface area contributed by atoms with Gasteiger partial charge in [0.25, 0.3) is 8.32 Å². The second kappa shape index (κ2) is 14.3. The van der Waals surface area contributed by atoms with Crippen molar-refractivity contribution >= 4 is 35.8 Å². The standard InChI is InChI=1S/C43H57F2N5O3Si/c1-8-32-35(44)13-12-30-22-31(53-54(27(2)3,28(4)5)29(6)7)23-33(36(30)32)38-37(45)39-34(24-46-38)40(49-18-11-16-43(25-49)17-21-52-43)48-41(47-39)51-26-42-14-9-19-50(42)20-10-15-42/h12-13,22-24,27-29H,8-11,14-21,25-26H2,1-7H3/t43-/m0/s1. The van der Waals surface area contributed by atoms with Gasteiger partial charge in [-0.2, -0.15) is 9.97 Å². The molecule has 6 heterocycles. The maximum atomic E-state index is 17.6. The Morgan fingerprint density at radius 2 is 1.61 bits per heavy atom. The van der Waals surface area contributed by atoms with Gasteiger partial charge < -0.3 is 18.8 Å². The molecule has 4 aliphatic heterocycles. The summed E-state index contributed by atoms with van der Waals surface area (Å²) in [6.45, 7) is 20.3. The van der Waals surface area contributed by atoms with Gasteiger partial charge in [-0.05, 0) is 109 Å². The quantitative estimate of drug-likeness (QED) is 0.140. The van der Waals surface area contributed by atoms with Crippen molar-refractivity contribution < 1.29 is 22.7 Å². The molecule has 2 aromatic carbocycles. The van der Waals surface area contributed by atoms with Crippen LogP contribution in [0.1, 0.15) is 99.0 Å². The molecule has 4 aromatic rings. The van der Waals surface area contributed by atoms with Gasteiger partial charge in [0.15, 0.2) is 5.82 Å². The largest absolute Gasteiger partial charge is 0.543 e. The Hall–Kier alpha value is -3.41. The van der Waals surface area contributed by atoms with Gasteiger partial charge in [-0.25, -0.2) is 8.78 Å². The van der Waals surface area contributed by atoms with E-state index in [0.29, 0.717) is 69.7 Å². The molecule has 0 bridgehead atoms. The Morgan fingerprint density at radius 1 is 0.907 bits per heavy atom. The van der Waals surface area contributed by atoms with Crippen molar-refractivity contribution in [1.82, 2.24) is 19.9 Å². The molecule has 4 saturated heterocycles. The van der Waals surface area contributed by atoms with Crippen molar-refractivity contribution in [3.63, 3.8) is 0 Å². The monoisotopic (exact) mass is 757 g/mol. The zero-order chi connectivity index (χ0) is 38.0. The van der Waals surface area contributed by atoms with Crippen molar-refractivity contribution in [2.24, 2.45) is 0 Å². The molecule has 0 unspecified atom stereocenters. The zero-order valence-corrected chi connectivity index (χ0v) is 34.2. The van der Waals surface area contributed by atoms with Gasteiger partial charge in [0.1, 0.15) is 35.2 Å². The van der Waals surface area contributed by atoms with Crippen LogP contribution in [0.25, 0.3) is 32.9 Å². The van der Waals surface area contributed by atoms with Gasteiger partial charge >= 0.3 is 6.01 Å². The average molecular weight is 758 g/mol. The molecule has 54 heavy (non-hydrogen) atoms. The van der Waals surface area contributed by atoms with Crippen molar-refractivity contribution in [1.29, 1.82) is 0 Å². The Balaban J connectivity index is 1.29. The Kier molecular flexibility index (Phi) is 9.91. The van der Waals surface area contributed by atoms with Crippen molar-refractivity contribution in [2.45, 2.75) is 128 Å². The summed E-state index contributed by atoms with van der Waals surface area (Å²) in [4.78, 5) is 19.4. The molecule has 8 rings (SSSR count). The second-order valence-corrected chi connectivity index (χ2v) is 22.8. The summed E-state index contributed by atoms with van der Waals surface area (Å²) in [6.07, 6.45) is 9.56. The van der Waals surface area contributed by atoms with E-state index >= 15 is 8.78 Å². The maximum Gasteiger partial charge on any atom is 0.319 e. The minimum atomic E-state index is -2.39. The first-order chi connectivity index (χ1) is 25.9. The molecule has 8 nitrogen and oxygen atoms in total. The number of nitrogens with zero attached hydrogens (tertiary/aromatic N) is 5. The van der Waals surface area contributed by atoms with Crippen molar-refractivity contribution in [2.75, 3.05) is 44.3 Å². The number of ether oxygens (including phenoxy) is 2. The Labute approximate surface area is 320 Å². The van der Waals surface area contributed by atoms with Gasteiger partial charge in [0.2, 0.25) is 0 Å². The summed E-state index contributed by atoms with van der Waals surface area (Å²) in [5.41, 5.74) is 2.09. The number of rotatable bonds is 11. The molecule has 0 N–H and O–H groups in total. The van der Waals surface area contributed by atoms with Crippen LogP contribution >= 0.6 is 0 Å². The third-order valence-corrected chi connectivity index (χ3v) is 19.5. The minimum Gasteiger partial charge on any atom is -0.543 e. The Morgan fingerprint density at radius 3 is 2.26 bits per heavy atom. The normalized spacial score (nSPS) is 21.6. The topological polar surface area (TPSA) is 72.8 Å². The van der Waals surface area contributed by atoms with Crippen LogP contribution in [0.3, 0.4) is 0 Å². The van der Waals surface area contributed by atoms with Gasteiger partial charge in [-0.15, -0.1) is 0 Å². The summed E-state index contributed by atoms with van der Waals surface area (Å²) in [6, 6.07) is 7.36. The van der Waals surface area contributed by atoms with Crippen LogP contribution in [0.2, 0.25) is 16.6 Å². The fraction of sp³-hybridized carbons (Fsp3) is 0.605. The van der Waals surface area contributed by atoms with Crippen LogP contribution in [-0.2, 0) is 11.2 Å². The molecule has 0 amide bonds. The summed E-state index contributed by atoms with van der Waals surface area (Å²) in [5, 5.41) is 1.98. The fourth-order valence-electron chi connectivity index (χ4n) is 10.8. The lowest BCUT2D eigenvalue weighted by Gasteiger charge is -2.48. The number of aryl methyl sites for hydroxylation is 1. The number of anilines is 1. The predicted molar refractivity (Wildman–Crippen MR) is 214 cm³/mol. The molecule has 4 aliphatic rings. The molecule has 11 heteroatoms. The molecule has 0 radical (unpaired) electrons. The van der Waals surface area contributed by atoms with E-state index in [-0.39, 0.29) is 34.2 Å². The average Bonchev–Trinajstić information content (AvgIpc) is 3.73. The zero-order valence-electron chi connectivity index (χ0n) is 33.2. The van der Waals surface area contributed by atoms with E-state index < -0.39 is 14.1 Å². The van der Waals surface area contributed by atoms with Gasteiger partial charge in [-0.1, -0.05) is 54.5 Å². The van der Waals surface area contributed by atoms with E-state index in [1.54, 1.807) is 12.3 Å². The highest BCUT2D eigenvalue weighted by Gasteiger charge is 2.48. The highest BCUT2D eigenvalue weighted by molar-refractivity contribution is 6.78. The van der Waals surface area contributed by atoms with E-state index in [2.05, 4.69) is 51.3 Å². The predicted octanol–water partition coefficient (Wildman–Crippen LogP) is 10.0. The number of halogens is 2. The number of pyridine rings is 1. The second-order valence-electron chi connectivity index (χ2n) is 17.4. The van der Waals surface area contributed by atoms with E-state index in [4.69, 9.17) is 28.9 Å². The summed E-state index contributed by atoms with van der Waals surface area (Å²) < 4.78 is 53.0. The molecule has 1 spiro atoms. The number of aromatic nitrogens is 3. The van der Waals surface area contributed by atoms with Crippen molar-refractivity contribution in [3.05, 3.63) is 47.7 Å². The summed E-state index contributed by atoms with van der Waals surface area (Å²) in [5.74, 6) is 0.400. The Bertz CT molecular complexity index is 2020. The molecule has 4 fully saturated rings. The number of benzene rings is 2. The molecular weight excluding hydrogens is 701 g/mol. The minimum absolute atomic E-state index is 0.0180. The molecular formula is C43H57F2N5O3Si. The van der Waals surface area contributed by atoms with E-state index in [9.17, 15) is 0 Å². The first-order valence-electron chi connectivity index (χ1n) is 20.5. The third kappa shape index (κ3) is 6.17. The molecule has 290 valence electrons. The SMILES string of the molecule is CCc1c(F)ccc2cc(O[Si](C(C)C)(C(C)C)C(C)C)cc(-c3ncc4c(N5CCC[C@]6(CCO6)C5)nc(OCC56CCCN5CCC6)nc4c3F)c12. The summed E-state index contributed by atoms with van der Waals surface area (Å²) in [7, 11) is -2.39. The highest BCUT2D eigenvalue weighted by atomic mass is 28.4. The number of hydrogen-bond acceptors (Lipinski definition) is 8. The highest BCUT2D eigenvalue weighted by Crippen LogP contribution is 2.46. The molecule has 1 atom stereocenters. The molecule has 2 aromatic heterocycles. The number of hydrogen-bond donors (Lipinski definition) is 0. The molecule has 0 aliphatic carbocycles. The number of fused-ring (bicyclic) bond motifs is 3. The number of piperidine rings is 1. The van der Waals surface area contributed by atoms with Gasteiger partial charge in [-0.3, -0.25) is 9.88 Å². The van der Waals surface area contributed by atoms with E-state index in [1.807, 2.05) is 19.1 Å². The first-order valence-corrected chi connectivity index (χ1v) is 22.6. The lowest BCUT2D eigenvalue weighted by Crippen LogP contribution is -2.56. The van der Waals surface area contributed by atoms with E-state index in [1.165, 1.54) is 6.07 Å². The van der Waals surface area contributed by atoms with Crippen LogP contribution in [0.4, 0.5) is 14.6 Å². The third-order valence-electron chi connectivity index (χ3n) is 13.5. The fourth-order valence-corrected chi connectivity index (χ4v) is 16.0. The van der Waals surface area contributed by atoms with Crippen molar-refractivity contribution in [3.8, 4) is 23.0 Å². The smallest absolute Gasteiger partial charge is 0.319 e. The first kappa shape index (κ1) is 37.5. The van der Waals surface area contributed by atoms with Crippen LogP contribution < -0.4 is 14.1 Å². The van der Waals surface area contributed by atoms with E-state index in [0.717, 1.165) is 76.6 Å².